The third-order valence-electron chi connectivity index (χ3n) is 0.516. The quantitative estimate of drug-likeness (QED) is 0.400. The highest BCUT2D eigenvalue weighted by molar-refractivity contribution is 8.25. The van der Waals surface area contributed by atoms with Crippen LogP contribution < -0.4 is 0 Å². The molecule has 0 fully saturated rings. The number of thiol groups is 2. The molecule has 0 aromatic rings. The number of thioether (sulfide) groups is 3. The van der Waals surface area contributed by atoms with E-state index in [4.69, 9.17) is 0 Å². The van der Waals surface area contributed by atoms with Gasteiger partial charge in [-0.25, -0.2) is 0 Å². The van der Waals surface area contributed by atoms with Gasteiger partial charge >= 0.3 is 0 Å². The number of hydrogen-bond acceptors (Lipinski definition) is 5. The molecule has 0 nitrogen and oxygen atoms in total. The molecule has 0 aliphatic rings. The van der Waals surface area contributed by atoms with Crippen LogP contribution in [-0.2, 0) is 0 Å². The fraction of sp³-hybridized carbons (Fsp3) is 1.00. The second-order valence-corrected chi connectivity index (χ2v) is 6.28. The summed E-state index contributed by atoms with van der Waals surface area (Å²) in [6.45, 7) is 0. The summed E-state index contributed by atoms with van der Waals surface area (Å²) < 4.78 is 0. The molecule has 0 aromatic heterocycles. The number of rotatable bonds is 6. The average molecular weight is 218 g/mol. The Morgan fingerprint density at radius 2 is 1.22 bits per heavy atom. The van der Waals surface area contributed by atoms with E-state index in [1.165, 1.54) is 0 Å². The lowest BCUT2D eigenvalue weighted by Crippen LogP contribution is -1.73. The molecule has 0 atom stereocenters. The van der Waals surface area contributed by atoms with Gasteiger partial charge in [0.2, 0.25) is 0 Å². The SMILES string of the molecule is SCSCSCSCS. The summed E-state index contributed by atoms with van der Waals surface area (Å²) >= 11 is 13.8. The Balaban J connectivity index is 2.60. The van der Waals surface area contributed by atoms with E-state index in [0.29, 0.717) is 0 Å². The minimum absolute atomic E-state index is 0.929. The Labute approximate surface area is 80.5 Å². The van der Waals surface area contributed by atoms with Gasteiger partial charge in [0.15, 0.2) is 0 Å². The molecule has 0 aromatic carbocycles. The predicted octanol–water partition coefficient (Wildman–Crippen LogP) is 2.88. The molecule has 0 aliphatic carbocycles. The van der Waals surface area contributed by atoms with Gasteiger partial charge in [-0.2, -0.15) is 25.3 Å². The van der Waals surface area contributed by atoms with E-state index in [-0.39, 0.29) is 0 Å². The lowest BCUT2D eigenvalue weighted by molar-refractivity contribution is 2.10. The molecule has 0 saturated heterocycles. The summed E-state index contributed by atoms with van der Waals surface area (Å²) in [7, 11) is 0. The van der Waals surface area contributed by atoms with E-state index in [2.05, 4.69) is 25.3 Å². The molecule has 0 bridgehead atoms. The predicted molar refractivity (Wildman–Crippen MR) is 60.2 cm³/mol. The van der Waals surface area contributed by atoms with Gasteiger partial charge in [0.1, 0.15) is 0 Å². The van der Waals surface area contributed by atoms with Crippen LogP contribution in [0.25, 0.3) is 0 Å². The van der Waals surface area contributed by atoms with Crippen LogP contribution in [0.1, 0.15) is 0 Å². The zero-order valence-electron chi connectivity index (χ0n) is 4.95. The first-order valence-electron chi connectivity index (χ1n) is 2.36. The first kappa shape index (κ1) is 10.8. The van der Waals surface area contributed by atoms with Crippen LogP contribution in [0.4, 0.5) is 0 Å². The molecule has 0 radical (unpaired) electrons. The molecular weight excluding hydrogens is 208 g/mol. The van der Waals surface area contributed by atoms with Crippen LogP contribution in [-0.4, -0.2) is 20.3 Å². The van der Waals surface area contributed by atoms with E-state index >= 15 is 0 Å². The fourth-order valence-corrected chi connectivity index (χ4v) is 3.99. The number of hydrogen-bond donors (Lipinski definition) is 2. The minimum atomic E-state index is 0.929. The molecule has 0 spiro atoms. The molecule has 9 heavy (non-hydrogen) atoms. The maximum atomic E-state index is 4.07. The van der Waals surface area contributed by atoms with Gasteiger partial charge in [-0.3, -0.25) is 0 Å². The van der Waals surface area contributed by atoms with E-state index in [1.807, 2.05) is 35.3 Å². The smallest absolute Gasteiger partial charge is 0.0408 e. The van der Waals surface area contributed by atoms with Crippen molar-refractivity contribution in [1.82, 2.24) is 0 Å². The molecule has 56 valence electrons. The molecule has 0 unspecified atom stereocenters. The highest BCUT2D eigenvalue weighted by atomic mass is 32.2. The fourth-order valence-electron chi connectivity index (χ4n) is 0.226. The maximum Gasteiger partial charge on any atom is 0.0408 e. The molecule has 5 heteroatoms. The van der Waals surface area contributed by atoms with Gasteiger partial charge in [0, 0.05) is 20.3 Å². The third-order valence-corrected chi connectivity index (χ3v) is 4.64. The molecule has 0 N–H and O–H groups in total. The third kappa shape index (κ3) is 9.75. The monoisotopic (exact) mass is 218 g/mol. The second-order valence-electron chi connectivity index (χ2n) is 1.11. The van der Waals surface area contributed by atoms with Crippen molar-refractivity contribution in [3.05, 3.63) is 0 Å². The van der Waals surface area contributed by atoms with Crippen molar-refractivity contribution in [3.8, 4) is 0 Å². The summed E-state index contributed by atoms with van der Waals surface area (Å²) in [5, 5.41) is 4.17. The van der Waals surface area contributed by atoms with Crippen molar-refractivity contribution in [3.63, 3.8) is 0 Å². The van der Waals surface area contributed by atoms with Gasteiger partial charge < -0.3 is 0 Å². The summed E-state index contributed by atoms with van der Waals surface area (Å²) in [5.41, 5.74) is 0. The molecule has 0 amide bonds. The van der Waals surface area contributed by atoms with Crippen molar-refractivity contribution in [1.29, 1.82) is 0 Å². The highest BCUT2D eigenvalue weighted by Crippen LogP contribution is 2.18. The lowest BCUT2D eigenvalue weighted by atomic mass is 11.8. The molecule has 0 aliphatic heterocycles. The molecule has 0 rings (SSSR count). The summed E-state index contributed by atoms with van der Waals surface area (Å²) in [4.78, 5) is 0. The molecule has 0 heterocycles. The first-order chi connectivity index (χ1) is 4.41. The Hall–Kier alpha value is 1.75. The highest BCUT2D eigenvalue weighted by Gasteiger charge is 1.86. The summed E-state index contributed by atoms with van der Waals surface area (Å²) in [6.07, 6.45) is 0. The van der Waals surface area contributed by atoms with Gasteiger partial charge in [-0.05, 0) is 0 Å². The Kier molecular flexibility index (Phi) is 11.6. The Morgan fingerprint density at radius 3 is 1.56 bits per heavy atom. The topological polar surface area (TPSA) is 0 Å². The lowest BCUT2D eigenvalue weighted by Gasteiger charge is -1.95. The van der Waals surface area contributed by atoms with E-state index in [0.717, 1.165) is 20.3 Å². The van der Waals surface area contributed by atoms with Gasteiger partial charge in [0.05, 0.1) is 0 Å². The minimum Gasteiger partial charge on any atom is -0.168 e. The van der Waals surface area contributed by atoms with E-state index in [9.17, 15) is 0 Å². The van der Waals surface area contributed by atoms with Crippen LogP contribution in [0, 0.1) is 0 Å². The van der Waals surface area contributed by atoms with Crippen LogP contribution in [0.2, 0.25) is 0 Å². The standard InChI is InChI=1S/C4H10S5/c5-1-7-3-9-4-8-2-6/h5-6H,1-4H2. The van der Waals surface area contributed by atoms with Crippen LogP contribution in [0.3, 0.4) is 0 Å². The van der Waals surface area contributed by atoms with E-state index < -0.39 is 0 Å². The van der Waals surface area contributed by atoms with Crippen LogP contribution >= 0.6 is 60.5 Å². The van der Waals surface area contributed by atoms with Crippen molar-refractivity contribution in [2.24, 2.45) is 0 Å². The second kappa shape index (κ2) is 9.75. The summed E-state index contributed by atoms with van der Waals surface area (Å²) in [6, 6.07) is 0. The van der Waals surface area contributed by atoms with Gasteiger partial charge in [-0.15, -0.1) is 35.3 Å². The van der Waals surface area contributed by atoms with Crippen molar-refractivity contribution in [2.75, 3.05) is 20.3 Å². The molecular formula is C4H10S5. The largest absolute Gasteiger partial charge is 0.168 e. The first-order valence-corrected chi connectivity index (χ1v) is 7.09. The van der Waals surface area contributed by atoms with Crippen molar-refractivity contribution < 1.29 is 0 Å². The molecule has 0 saturated carbocycles. The average Bonchev–Trinajstić information content (AvgIpc) is 1.89. The zero-order chi connectivity index (χ0) is 6.95. The Bertz CT molecular complexity index is 42.2. The normalized spacial score (nSPS) is 10.0. The van der Waals surface area contributed by atoms with Crippen molar-refractivity contribution >= 4 is 60.5 Å². The van der Waals surface area contributed by atoms with E-state index in [1.54, 1.807) is 0 Å². The zero-order valence-corrected chi connectivity index (χ0v) is 9.19. The maximum absolute atomic E-state index is 4.07. The van der Waals surface area contributed by atoms with Crippen LogP contribution in [0.5, 0.6) is 0 Å². The Morgan fingerprint density at radius 1 is 0.778 bits per heavy atom. The van der Waals surface area contributed by atoms with Gasteiger partial charge in [0.25, 0.3) is 0 Å². The van der Waals surface area contributed by atoms with Crippen LogP contribution in [0.15, 0.2) is 0 Å². The van der Waals surface area contributed by atoms with Gasteiger partial charge in [-0.1, -0.05) is 0 Å². The van der Waals surface area contributed by atoms with Crippen molar-refractivity contribution in [2.45, 2.75) is 0 Å². The summed E-state index contributed by atoms with van der Waals surface area (Å²) in [5.74, 6) is 0.